The molecule has 0 saturated heterocycles. The Morgan fingerprint density at radius 1 is 1.42 bits per heavy atom. The van der Waals surface area contributed by atoms with Crippen molar-refractivity contribution in [1.82, 2.24) is 10.3 Å². The summed E-state index contributed by atoms with van der Waals surface area (Å²) in [5.74, 6) is 0.813. The Bertz CT molecular complexity index is 399. The average Bonchev–Trinajstić information content (AvgIpc) is 2.93. The van der Waals surface area contributed by atoms with Crippen molar-refractivity contribution in [2.75, 3.05) is 6.54 Å². The van der Waals surface area contributed by atoms with Crippen LogP contribution in [0.4, 0.5) is 0 Å². The van der Waals surface area contributed by atoms with Gasteiger partial charge in [-0.25, -0.2) is 4.98 Å². The van der Waals surface area contributed by atoms with Gasteiger partial charge in [0.05, 0.1) is 0 Å². The summed E-state index contributed by atoms with van der Waals surface area (Å²) in [4.78, 5) is 16.0. The largest absolute Gasteiger partial charge is 0.351 e. The second-order valence-corrected chi connectivity index (χ2v) is 6.18. The molecule has 0 aliphatic heterocycles. The third-order valence-corrected chi connectivity index (χ3v) is 4.63. The Hall–Kier alpha value is -0.940. The molecule has 106 valence electrons. The van der Waals surface area contributed by atoms with Gasteiger partial charge >= 0.3 is 0 Å². The van der Waals surface area contributed by atoms with Crippen molar-refractivity contribution in [1.29, 1.82) is 0 Å². The number of thiazole rings is 1. The normalized spacial score (nSPS) is 16.5. The Kier molecular flexibility index (Phi) is 5.79. The molecule has 1 aliphatic rings. The van der Waals surface area contributed by atoms with Crippen LogP contribution in [0.5, 0.6) is 0 Å². The molecule has 0 unspecified atom stereocenters. The third kappa shape index (κ3) is 4.58. The van der Waals surface area contributed by atoms with Crippen LogP contribution in [-0.2, 0) is 6.54 Å². The number of rotatable bonds is 6. The summed E-state index contributed by atoms with van der Waals surface area (Å²) in [6, 6.07) is 0. The summed E-state index contributed by atoms with van der Waals surface area (Å²) in [7, 11) is 0. The van der Waals surface area contributed by atoms with E-state index >= 15 is 0 Å². The summed E-state index contributed by atoms with van der Waals surface area (Å²) >= 11 is 1.44. The molecule has 0 spiro atoms. The first-order valence-electron chi connectivity index (χ1n) is 7.22. The van der Waals surface area contributed by atoms with Gasteiger partial charge < -0.3 is 11.1 Å². The smallest absolute Gasteiger partial charge is 0.270 e. The zero-order chi connectivity index (χ0) is 13.5. The van der Waals surface area contributed by atoms with Gasteiger partial charge in [-0.15, -0.1) is 11.3 Å². The summed E-state index contributed by atoms with van der Waals surface area (Å²) in [5.41, 5.74) is 5.99. The second kappa shape index (κ2) is 7.60. The van der Waals surface area contributed by atoms with E-state index in [0.29, 0.717) is 12.2 Å². The van der Waals surface area contributed by atoms with E-state index < -0.39 is 0 Å². The maximum atomic E-state index is 11.8. The summed E-state index contributed by atoms with van der Waals surface area (Å²) in [6.45, 7) is 1.16. The highest BCUT2D eigenvalue weighted by Crippen LogP contribution is 2.26. The van der Waals surface area contributed by atoms with E-state index in [1.165, 1.54) is 49.9 Å². The number of carbonyl (C=O) groups excluding carboxylic acids is 1. The van der Waals surface area contributed by atoms with Crippen LogP contribution in [0.25, 0.3) is 0 Å². The predicted molar refractivity (Wildman–Crippen MR) is 78.1 cm³/mol. The number of amides is 1. The van der Waals surface area contributed by atoms with E-state index in [0.717, 1.165) is 23.9 Å². The van der Waals surface area contributed by atoms with Crippen molar-refractivity contribution in [2.24, 2.45) is 11.7 Å². The number of hydrogen-bond donors (Lipinski definition) is 2. The number of nitrogens with zero attached hydrogens (tertiary/aromatic N) is 1. The van der Waals surface area contributed by atoms with Crippen LogP contribution in [0.15, 0.2) is 5.38 Å². The Morgan fingerprint density at radius 3 is 2.89 bits per heavy atom. The van der Waals surface area contributed by atoms with Gasteiger partial charge in [0, 0.05) is 18.5 Å². The molecule has 1 aromatic rings. The van der Waals surface area contributed by atoms with Crippen LogP contribution < -0.4 is 11.1 Å². The van der Waals surface area contributed by atoms with Crippen molar-refractivity contribution < 1.29 is 4.79 Å². The van der Waals surface area contributed by atoms with Crippen molar-refractivity contribution in [2.45, 2.75) is 51.5 Å². The molecular formula is C14H23N3OS. The lowest BCUT2D eigenvalue weighted by Crippen LogP contribution is -2.25. The molecule has 0 radical (unpaired) electrons. The molecule has 4 nitrogen and oxygen atoms in total. The number of nitrogens with two attached hydrogens (primary N) is 1. The summed E-state index contributed by atoms with van der Waals surface area (Å²) in [5, 5.41) is 5.53. The summed E-state index contributed by atoms with van der Waals surface area (Å²) in [6.07, 6.45) is 9.24. The molecule has 5 heteroatoms. The quantitative estimate of drug-likeness (QED) is 0.788. The van der Waals surface area contributed by atoms with Crippen LogP contribution in [-0.4, -0.2) is 17.4 Å². The van der Waals surface area contributed by atoms with Gasteiger partial charge in [0.25, 0.3) is 5.91 Å². The molecule has 0 atom stereocenters. The zero-order valence-electron chi connectivity index (χ0n) is 11.4. The monoisotopic (exact) mass is 281 g/mol. The lowest BCUT2D eigenvalue weighted by atomic mass is 9.86. The molecule has 1 aliphatic carbocycles. The third-order valence-electron chi connectivity index (χ3n) is 3.76. The fourth-order valence-corrected chi connectivity index (χ4v) is 3.32. The first-order valence-corrected chi connectivity index (χ1v) is 8.10. The molecule has 0 bridgehead atoms. The Balaban J connectivity index is 1.63. The van der Waals surface area contributed by atoms with Gasteiger partial charge in [0.1, 0.15) is 10.7 Å². The van der Waals surface area contributed by atoms with E-state index in [4.69, 9.17) is 5.73 Å². The van der Waals surface area contributed by atoms with E-state index in [9.17, 15) is 4.79 Å². The lowest BCUT2D eigenvalue weighted by Gasteiger charge is -2.21. The standard InChI is InChI=1S/C14H23N3OS/c15-9-13-17-12(10-19-13)14(18)16-8-4-7-11-5-2-1-3-6-11/h10-11H,1-9,15H2,(H,16,18). The van der Waals surface area contributed by atoms with Crippen LogP contribution in [0.1, 0.15) is 60.4 Å². The molecule has 1 amide bonds. The van der Waals surface area contributed by atoms with Crippen LogP contribution in [0, 0.1) is 5.92 Å². The molecule has 0 aromatic carbocycles. The van der Waals surface area contributed by atoms with Crippen molar-refractivity contribution >= 4 is 17.2 Å². The molecule has 3 N–H and O–H groups in total. The highest BCUT2D eigenvalue weighted by atomic mass is 32.1. The number of hydrogen-bond acceptors (Lipinski definition) is 4. The van der Waals surface area contributed by atoms with E-state index in [1.807, 2.05) is 0 Å². The van der Waals surface area contributed by atoms with Crippen LogP contribution in [0.3, 0.4) is 0 Å². The average molecular weight is 281 g/mol. The minimum absolute atomic E-state index is 0.0698. The van der Waals surface area contributed by atoms with Crippen LogP contribution >= 0.6 is 11.3 Å². The first kappa shape index (κ1) is 14.5. The Morgan fingerprint density at radius 2 is 2.21 bits per heavy atom. The molecule has 1 aromatic heterocycles. The maximum Gasteiger partial charge on any atom is 0.270 e. The lowest BCUT2D eigenvalue weighted by molar-refractivity contribution is 0.0947. The number of carbonyl (C=O) groups is 1. The molecule has 1 saturated carbocycles. The number of aromatic nitrogens is 1. The van der Waals surface area contributed by atoms with Gasteiger partial charge in [-0.1, -0.05) is 32.1 Å². The van der Waals surface area contributed by atoms with Crippen molar-refractivity contribution in [3.8, 4) is 0 Å². The van der Waals surface area contributed by atoms with Gasteiger partial charge in [-0.3, -0.25) is 4.79 Å². The second-order valence-electron chi connectivity index (χ2n) is 5.23. The SMILES string of the molecule is NCc1nc(C(=O)NCCCC2CCCCC2)cs1. The predicted octanol–water partition coefficient (Wildman–Crippen LogP) is 2.69. The van der Waals surface area contributed by atoms with E-state index in [1.54, 1.807) is 5.38 Å². The first-order chi connectivity index (χ1) is 9.29. The topological polar surface area (TPSA) is 68.0 Å². The highest BCUT2D eigenvalue weighted by molar-refractivity contribution is 7.09. The van der Waals surface area contributed by atoms with Crippen molar-refractivity contribution in [3.63, 3.8) is 0 Å². The molecule has 19 heavy (non-hydrogen) atoms. The minimum atomic E-state index is -0.0698. The molecular weight excluding hydrogens is 258 g/mol. The fraction of sp³-hybridized carbons (Fsp3) is 0.714. The molecule has 1 fully saturated rings. The van der Waals surface area contributed by atoms with E-state index in [-0.39, 0.29) is 5.91 Å². The van der Waals surface area contributed by atoms with Gasteiger partial charge in [-0.05, 0) is 18.8 Å². The van der Waals surface area contributed by atoms with Crippen LogP contribution in [0.2, 0.25) is 0 Å². The summed E-state index contributed by atoms with van der Waals surface area (Å²) < 4.78 is 0. The van der Waals surface area contributed by atoms with Gasteiger partial charge in [0.2, 0.25) is 0 Å². The Labute approximate surface area is 118 Å². The molecule has 2 rings (SSSR count). The minimum Gasteiger partial charge on any atom is -0.351 e. The van der Waals surface area contributed by atoms with Crippen molar-refractivity contribution in [3.05, 3.63) is 16.1 Å². The van der Waals surface area contributed by atoms with E-state index in [2.05, 4.69) is 10.3 Å². The van der Waals surface area contributed by atoms with Gasteiger partial charge in [-0.2, -0.15) is 0 Å². The maximum absolute atomic E-state index is 11.8. The zero-order valence-corrected chi connectivity index (χ0v) is 12.2. The number of nitrogens with one attached hydrogen (secondary N) is 1. The fourth-order valence-electron chi connectivity index (χ4n) is 2.67. The van der Waals surface area contributed by atoms with Gasteiger partial charge in [0.15, 0.2) is 0 Å². The highest BCUT2D eigenvalue weighted by Gasteiger charge is 2.13. The molecule has 1 heterocycles.